The van der Waals surface area contributed by atoms with Crippen molar-refractivity contribution in [2.24, 2.45) is 5.92 Å². The average molecular weight is 291 g/mol. The average Bonchev–Trinajstić information content (AvgIpc) is 2.88. The number of aryl methyl sites for hydroxylation is 1. The zero-order valence-corrected chi connectivity index (χ0v) is 11.3. The Morgan fingerprint density at radius 2 is 2.26 bits per heavy atom. The largest absolute Gasteiger partial charge is 0.393 e. The maximum atomic E-state index is 12.7. The molecule has 0 bridgehead atoms. The molecule has 6 heteroatoms. The molecule has 1 fully saturated rings. The van der Waals surface area contributed by atoms with Gasteiger partial charge < -0.3 is 4.90 Å². The lowest BCUT2D eigenvalue weighted by atomic mass is 9.97. The van der Waals surface area contributed by atoms with Gasteiger partial charge in [-0.05, 0) is 41.7 Å². The number of hydrogen-bond donors (Lipinski definition) is 0. The quantitative estimate of drug-likeness (QED) is 0.835. The van der Waals surface area contributed by atoms with Crippen LogP contribution in [0.5, 0.6) is 0 Å². The first-order valence-electron chi connectivity index (χ1n) is 6.32. The SMILES string of the molecule is O=C(CCc1ccsc1)N1CCC[C@@H](C(F)(F)F)C1. The highest BCUT2D eigenvalue weighted by Crippen LogP contribution is 2.33. The van der Waals surface area contributed by atoms with Gasteiger partial charge in [-0.25, -0.2) is 0 Å². The third-order valence-electron chi connectivity index (χ3n) is 3.44. The van der Waals surface area contributed by atoms with Crippen molar-refractivity contribution in [3.63, 3.8) is 0 Å². The second-order valence-corrected chi connectivity index (χ2v) is 5.63. The van der Waals surface area contributed by atoms with Crippen LogP contribution in [-0.4, -0.2) is 30.1 Å². The smallest absolute Gasteiger partial charge is 0.342 e. The van der Waals surface area contributed by atoms with E-state index in [1.54, 1.807) is 11.3 Å². The van der Waals surface area contributed by atoms with Crippen molar-refractivity contribution in [3.8, 4) is 0 Å². The highest BCUT2D eigenvalue weighted by atomic mass is 32.1. The van der Waals surface area contributed by atoms with E-state index in [0.717, 1.165) is 5.56 Å². The Labute approximate surface area is 114 Å². The van der Waals surface area contributed by atoms with E-state index in [1.165, 1.54) is 4.90 Å². The Balaban J connectivity index is 1.85. The van der Waals surface area contributed by atoms with Gasteiger partial charge in [0.1, 0.15) is 0 Å². The normalized spacial score (nSPS) is 20.6. The van der Waals surface area contributed by atoms with Crippen molar-refractivity contribution in [1.82, 2.24) is 4.90 Å². The molecule has 0 unspecified atom stereocenters. The number of alkyl halides is 3. The van der Waals surface area contributed by atoms with Crippen LogP contribution in [-0.2, 0) is 11.2 Å². The fourth-order valence-corrected chi connectivity index (χ4v) is 3.02. The number of carbonyl (C=O) groups is 1. The Morgan fingerprint density at radius 1 is 1.47 bits per heavy atom. The minimum atomic E-state index is -4.19. The predicted octanol–water partition coefficient (Wildman–Crippen LogP) is 3.48. The first-order chi connectivity index (χ1) is 8.97. The fraction of sp³-hybridized carbons (Fsp3) is 0.615. The summed E-state index contributed by atoms with van der Waals surface area (Å²) in [4.78, 5) is 13.3. The molecular formula is C13H16F3NOS. The van der Waals surface area contributed by atoms with Crippen LogP contribution >= 0.6 is 11.3 Å². The van der Waals surface area contributed by atoms with Gasteiger partial charge in [-0.3, -0.25) is 4.79 Å². The Hall–Kier alpha value is -1.04. The molecule has 1 aliphatic rings. The number of halogens is 3. The molecule has 0 aliphatic carbocycles. The van der Waals surface area contributed by atoms with Crippen molar-refractivity contribution >= 4 is 17.2 Å². The van der Waals surface area contributed by atoms with Crippen molar-refractivity contribution in [1.29, 1.82) is 0 Å². The zero-order valence-electron chi connectivity index (χ0n) is 10.4. The number of thiophene rings is 1. The van der Waals surface area contributed by atoms with E-state index < -0.39 is 12.1 Å². The molecule has 0 saturated carbocycles. The molecule has 1 amide bonds. The first-order valence-corrected chi connectivity index (χ1v) is 7.26. The molecule has 2 rings (SSSR count). The lowest BCUT2D eigenvalue weighted by molar-refractivity contribution is -0.188. The molecule has 0 aromatic carbocycles. The van der Waals surface area contributed by atoms with Crippen molar-refractivity contribution in [2.45, 2.75) is 31.9 Å². The van der Waals surface area contributed by atoms with Gasteiger partial charge in [0.05, 0.1) is 5.92 Å². The number of piperidine rings is 1. The van der Waals surface area contributed by atoms with E-state index >= 15 is 0 Å². The summed E-state index contributed by atoms with van der Waals surface area (Å²) in [5.41, 5.74) is 1.07. The lowest BCUT2D eigenvalue weighted by Crippen LogP contribution is -2.44. The van der Waals surface area contributed by atoms with E-state index in [1.807, 2.05) is 16.8 Å². The number of hydrogen-bond acceptors (Lipinski definition) is 2. The van der Waals surface area contributed by atoms with Gasteiger partial charge in [-0.15, -0.1) is 0 Å². The minimum absolute atomic E-state index is 0.137. The van der Waals surface area contributed by atoms with E-state index in [0.29, 0.717) is 25.8 Å². The molecule has 1 atom stereocenters. The van der Waals surface area contributed by atoms with Gasteiger partial charge in [0.15, 0.2) is 0 Å². The van der Waals surface area contributed by atoms with Gasteiger partial charge >= 0.3 is 6.18 Å². The molecule has 0 radical (unpaired) electrons. The van der Waals surface area contributed by atoms with Gasteiger partial charge in [-0.2, -0.15) is 24.5 Å². The summed E-state index contributed by atoms with van der Waals surface area (Å²) in [5, 5.41) is 3.89. The highest BCUT2D eigenvalue weighted by Gasteiger charge is 2.42. The summed E-state index contributed by atoms with van der Waals surface area (Å²) in [7, 11) is 0. The van der Waals surface area contributed by atoms with Crippen LogP contribution in [0, 0.1) is 5.92 Å². The van der Waals surface area contributed by atoms with Gasteiger partial charge in [0.25, 0.3) is 0 Å². The Bertz CT molecular complexity index is 416. The number of likely N-dealkylation sites (tertiary alicyclic amines) is 1. The second kappa shape index (κ2) is 5.94. The summed E-state index contributed by atoms with van der Waals surface area (Å²) in [6, 6.07) is 1.94. The zero-order chi connectivity index (χ0) is 13.9. The van der Waals surface area contributed by atoms with E-state index in [4.69, 9.17) is 0 Å². The Kier molecular flexibility index (Phi) is 4.50. The van der Waals surface area contributed by atoms with Crippen molar-refractivity contribution < 1.29 is 18.0 Å². The first kappa shape index (κ1) is 14.4. The van der Waals surface area contributed by atoms with Crippen LogP contribution in [0.15, 0.2) is 16.8 Å². The molecule has 1 aromatic rings. The third kappa shape index (κ3) is 3.96. The maximum Gasteiger partial charge on any atom is 0.393 e. The van der Waals surface area contributed by atoms with Crippen LogP contribution in [0.25, 0.3) is 0 Å². The summed E-state index contributed by atoms with van der Waals surface area (Å²) in [5.74, 6) is -1.52. The fourth-order valence-electron chi connectivity index (χ4n) is 2.32. The highest BCUT2D eigenvalue weighted by molar-refractivity contribution is 7.07. The number of rotatable bonds is 3. The Morgan fingerprint density at radius 3 is 2.89 bits per heavy atom. The topological polar surface area (TPSA) is 20.3 Å². The number of amides is 1. The molecular weight excluding hydrogens is 275 g/mol. The van der Waals surface area contributed by atoms with Gasteiger partial charge in [0, 0.05) is 19.5 Å². The van der Waals surface area contributed by atoms with Gasteiger partial charge in [-0.1, -0.05) is 0 Å². The predicted molar refractivity (Wildman–Crippen MR) is 68.0 cm³/mol. The van der Waals surface area contributed by atoms with E-state index in [9.17, 15) is 18.0 Å². The van der Waals surface area contributed by atoms with Crippen LogP contribution in [0.3, 0.4) is 0 Å². The maximum absolute atomic E-state index is 12.7. The van der Waals surface area contributed by atoms with E-state index in [-0.39, 0.29) is 18.9 Å². The van der Waals surface area contributed by atoms with Crippen LogP contribution in [0.4, 0.5) is 13.2 Å². The van der Waals surface area contributed by atoms with Crippen LogP contribution < -0.4 is 0 Å². The second-order valence-electron chi connectivity index (χ2n) is 4.85. The molecule has 106 valence electrons. The van der Waals surface area contributed by atoms with E-state index in [2.05, 4.69) is 0 Å². The third-order valence-corrected chi connectivity index (χ3v) is 4.18. The lowest BCUT2D eigenvalue weighted by Gasteiger charge is -2.33. The van der Waals surface area contributed by atoms with Crippen LogP contribution in [0.2, 0.25) is 0 Å². The molecule has 1 aliphatic heterocycles. The number of nitrogens with zero attached hydrogens (tertiary/aromatic N) is 1. The summed E-state index contributed by atoms with van der Waals surface area (Å²) >= 11 is 1.56. The molecule has 1 saturated heterocycles. The molecule has 1 aromatic heterocycles. The van der Waals surface area contributed by atoms with Crippen molar-refractivity contribution in [3.05, 3.63) is 22.4 Å². The summed E-state index contributed by atoms with van der Waals surface area (Å²) in [6.45, 7) is 0.279. The van der Waals surface area contributed by atoms with Gasteiger partial charge in [0.2, 0.25) is 5.91 Å². The number of carbonyl (C=O) groups excluding carboxylic acids is 1. The molecule has 0 spiro atoms. The summed E-state index contributed by atoms with van der Waals surface area (Å²) in [6.07, 6.45) is -2.71. The minimum Gasteiger partial charge on any atom is -0.342 e. The molecule has 19 heavy (non-hydrogen) atoms. The molecule has 2 heterocycles. The summed E-state index contributed by atoms with van der Waals surface area (Å²) < 4.78 is 38.0. The molecule has 2 nitrogen and oxygen atoms in total. The monoisotopic (exact) mass is 291 g/mol. The standard InChI is InChI=1S/C13H16F3NOS/c14-13(15,16)11-2-1-6-17(8-11)12(18)4-3-10-5-7-19-9-10/h5,7,9,11H,1-4,6,8H2/t11-/m1/s1. The van der Waals surface area contributed by atoms with Crippen molar-refractivity contribution in [2.75, 3.05) is 13.1 Å². The van der Waals surface area contributed by atoms with Crippen LogP contribution in [0.1, 0.15) is 24.8 Å². The molecule has 0 N–H and O–H groups in total.